The molecule has 0 amide bonds. The van der Waals surface area contributed by atoms with E-state index in [9.17, 15) is 8.78 Å². The van der Waals surface area contributed by atoms with Crippen molar-refractivity contribution in [2.45, 2.75) is 25.7 Å². The third kappa shape index (κ3) is 4.39. The predicted molar refractivity (Wildman–Crippen MR) is 98.2 cm³/mol. The summed E-state index contributed by atoms with van der Waals surface area (Å²) in [5, 5.41) is 7.55. The highest BCUT2D eigenvalue weighted by atomic mass is 19.1. The van der Waals surface area contributed by atoms with Crippen LogP contribution in [0.4, 0.5) is 8.78 Å². The molecule has 1 aromatic carbocycles. The Balaban J connectivity index is 1.63. The van der Waals surface area contributed by atoms with Gasteiger partial charge in [0.25, 0.3) is 0 Å². The number of halogens is 2. The lowest BCUT2D eigenvalue weighted by Gasteiger charge is -2.21. The van der Waals surface area contributed by atoms with Crippen molar-refractivity contribution < 1.29 is 8.78 Å². The van der Waals surface area contributed by atoms with Gasteiger partial charge in [-0.25, -0.2) is 8.78 Å². The van der Waals surface area contributed by atoms with Crippen molar-refractivity contribution in [3.63, 3.8) is 0 Å². The molecule has 3 rings (SSSR count). The first-order chi connectivity index (χ1) is 12.6. The molecule has 0 saturated carbocycles. The normalized spacial score (nSPS) is 17.8. The summed E-state index contributed by atoms with van der Waals surface area (Å²) >= 11 is 0. The zero-order chi connectivity index (χ0) is 18.5. The molecule has 2 heterocycles. The number of guanidine groups is 1. The van der Waals surface area contributed by atoms with E-state index in [0.29, 0.717) is 24.4 Å². The number of nitrogens with one attached hydrogen (secondary N) is 1. The molecule has 1 aromatic heterocycles. The minimum absolute atomic E-state index is 0.360. The molecular formula is C19H25F2N5. The molecule has 1 atom stereocenters. The maximum absolute atomic E-state index is 13.7. The number of rotatable bonds is 5. The molecule has 1 N–H and O–H groups in total. The fraction of sp³-hybridized carbons (Fsp3) is 0.474. The van der Waals surface area contributed by atoms with Gasteiger partial charge in [-0.1, -0.05) is 0 Å². The number of aliphatic imine (C=N–C) groups is 1. The maximum atomic E-state index is 13.7. The lowest BCUT2D eigenvalue weighted by molar-refractivity contribution is 0.486. The Morgan fingerprint density at radius 3 is 2.96 bits per heavy atom. The Bertz CT molecular complexity index is 771. The maximum Gasteiger partial charge on any atom is 0.193 e. The fourth-order valence-electron chi connectivity index (χ4n) is 3.32. The van der Waals surface area contributed by atoms with Gasteiger partial charge in [0.15, 0.2) is 5.96 Å². The molecule has 26 heavy (non-hydrogen) atoms. The van der Waals surface area contributed by atoms with Crippen LogP contribution in [0.1, 0.15) is 30.4 Å². The average molecular weight is 361 g/mol. The van der Waals surface area contributed by atoms with E-state index in [1.165, 1.54) is 17.7 Å². The van der Waals surface area contributed by atoms with Gasteiger partial charge < -0.3 is 10.2 Å². The standard InChI is InChI=1S/C19H25F2N5/c1-3-22-19(23-8-6-14-10-17(20)4-5-18(14)21)26-9-7-15(13-26)16-11-24-25(2)12-16/h4-5,10-12,15H,3,6-9,13H2,1-2H3,(H,22,23). The number of nitrogens with zero attached hydrogens (tertiary/aromatic N) is 4. The third-order valence-corrected chi connectivity index (χ3v) is 4.67. The number of aromatic nitrogens is 2. The van der Waals surface area contributed by atoms with Crippen molar-refractivity contribution in [1.29, 1.82) is 0 Å². The summed E-state index contributed by atoms with van der Waals surface area (Å²) in [4.78, 5) is 6.84. The molecule has 1 saturated heterocycles. The summed E-state index contributed by atoms with van der Waals surface area (Å²) in [7, 11) is 1.92. The van der Waals surface area contributed by atoms with Crippen molar-refractivity contribution in [1.82, 2.24) is 20.0 Å². The second kappa shape index (κ2) is 8.29. The van der Waals surface area contributed by atoms with E-state index in [4.69, 9.17) is 0 Å². The van der Waals surface area contributed by atoms with Crippen molar-refractivity contribution in [2.24, 2.45) is 12.0 Å². The van der Waals surface area contributed by atoms with Crippen LogP contribution in [0.3, 0.4) is 0 Å². The van der Waals surface area contributed by atoms with E-state index in [1.54, 1.807) is 0 Å². The fourth-order valence-corrected chi connectivity index (χ4v) is 3.32. The van der Waals surface area contributed by atoms with Gasteiger partial charge in [0.1, 0.15) is 11.6 Å². The van der Waals surface area contributed by atoms with Gasteiger partial charge in [0, 0.05) is 45.3 Å². The second-order valence-electron chi connectivity index (χ2n) is 6.60. The van der Waals surface area contributed by atoms with Crippen LogP contribution in [0, 0.1) is 11.6 Å². The summed E-state index contributed by atoms with van der Waals surface area (Å²) < 4.78 is 28.8. The van der Waals surface area contributed by atoms with Crippen molar-refractivity contribution in [3.8, 4) is 0 Å². The van der Waals surface area contributed by atoms with Gasteiger partial charge in [-0.05, 0) is 49.1 Å². The Hall–Kier alpha value is -2.44. The van der Waals surface area contributed by atoms with Gasteiger partial charge in [-0.15, -0.1) is 0 Å². The topological polar surface area (TPSA) is 45.5 Å². The first-order valence-electron chi connectivity index (χ1n) is 9.02. The molecule has 0 bridgehead atoms. The molecule has 0 spiro atoms. The third-order valence-electron chi connectivity index (χ3n) is 4.67. The SMILES string of the molecule is CCNC(=NCCc1cc(F)ccc1F)N1CCC(c2cnn(C)c2)C1. The van der Waals surface area contributed by atoms with Crippen molar-refractivity contribution in [3.05, 3.63) is 53.4 Å². The molecule has 140 valence electrons. The summed E-state index contributed by atoms with van der Waals surface area (Å²) in [5.74, 6) is 0.462. The monoisotopic (exact) mass is 361 g/mol. The Kier molecular flexibility index (Phi) is 5.85. The molecule has 1 aliphatic rings. The van der Waals surface area contributed by atoms with Crippen molar-refractivity contribution in [2.75, 3.05) is 26.2 Å². The number of benzene rings is 1. The molecule has 0 radical (unpaired) electrons. The summed E-state index contributed by atoms with van der Waals surface area (Å²) in [5.41, 5.74) is 1.60. The number of aryl methyl sites for hydroxylation is 1. The molecule has 2 aromatic rings. The summed E-state index contributed by atoms with van der Waals surface area (Å²) in [6.07, 6.45) is 5.41. The van der Waals surface area contributed by atoms with Crippen LogP contribution in [0.15, 0.2) is 35.6 Å². The van der Waals surface area contributed by atoms with Crippen LogP contribution in [0.5, 0.6) is 0 Å². The van der Waals surface area contributed by atoms with Crippen LogP contribution in [0.2, 0.25) is 0 Å². The number of likely N-dealkylation sites (tertiary alicyclic amines) is 1. The van der Waals surface area contributed by atoms with Gasteiger partial charge >= 0.3 is 0 Å². The molecule has 5 nitrogen and oxygen atoms in total. The Morgan fingerprint density at radius 1 is 1.38 bits per heavy atom. The predicted octanol–water partition coefficient (Wildman–Crippen LogP) is 2.70. The van der Waals surface area contributed by atoms with Crippen molar-refractivity contribution >= 4 is 5.96 Å². The quantitative estimate of drug-likeness (QED) is 0.658. The highest BCUT2D eigenvalue weighted by molar-refractivity contribution is 5.80. The molecule has 0 aliphatic carbocycles. The van der Waals surface area contributed by atoms with E-state index < -0.39 is 5.82 Å². The first-order valence-corrected chi connectivity index (χ1v) is 9.02. The molecule has 1 aliphatic heterocycles. The van der Waals surface area contributed by atoms with E-state index in [-0.39, 0.29) is 5.82 Å². The largest absolute Gasteiger partial charge is 0.357 e. The smallest absolute Gasteiger partial charge is 0.193 e. The zero-order valence-electron chi connectivity index (χ0n) is 15.3. The van der Waals surface area contributed by atoms with Gasteiger partial charge in [0.05, 0.1) is 6.20 Å². The summed E-state index contributed by atoms with van der Waals surface area (Å²) in [6.45, 7) is 5.00. The van der Waals surface area contributed by atoms with Gasteiger partial charge in [-0.3, -0.25) is 9.67 Å². The first kappa shape index (κ1) is 18.4. The molecular weight excluding hydrogens is 336 g/mol. The average Bonchev–Trinajstić information content (AvgIpc) is 3.26. The molecule has 1 unspecified atom stereocenters. The van der Waals surface area contributed by atoms with Crippen LogP contribution in [0.25, 0.3) is 0 Å². The van der Waals surface area contributed by atoms with Gasteiger partial charge in [-0.2, -0.15) is 5.10 Å². The highest BCUT2D eigenvalue weighted by Crippen LogP contribution is 2.26. The van der Waals surface area contributed by atoms with E-state index in [1.807, 2.05) is 24.9 Å². The number of hydrogen-bond donors (Lipinski definition) is 1. The van der Waals surface area contributed by atoms with E-state index in [2.05, 4.69) is 26.5 Å². The minimum atomic E-state index is -0.420. The van der Waals surface area contributed by atoms with E-state index in [0.717, 1.165) is 38.1 Å². The second-order valence-corrected chi connectivity index (χ2v) is 6.60. The highest BCUT2D eigenvalue weighted by Gasteiger charge is 2.26. The van der Waals surface area contributed by atoms with Crippen LogP contribution in [-0.2, 0) is 13.5 Å². The zero-order valence-corrected chi connectivity index (χ0v) is 15.3. The molecule has 1 fully saturated rings. The van der Waals surface area contributed by atoms with Crippen LogP contribution in [-0.4, -0.2) is 46.8 Å². The summed E-state index contributed by atoms with van der Waals surface area (Å²) in [6, 6.07) is 3.54. The van der Waals surface area contributed by atoms with Gasteiger partial charge in [0.2, 0.25) is 0 Å². The minimum Gasteiger partial charge on any atom is -0.357 e. The van der Waals surface area contributed by atoms with E-state index >= 15 is 0 Å². The molecule has 7 heteroatoms. The Morgan fingerprint density at radius 2 is 2.23 bits per heavy atom. The lowest BCUT2D eigenvalue weighted by Crippen LogP contribution is -2.40. The lowest BCUT2D eigenvalue weighted by atomic mass is 10.0. The van der Waals surface area contributed by atoms with Crippen LogP contribution < -0.4 is 5.32 Å². The van der Waals surface area contributed by atoms with Crippen LogP contribution >= 0.6 is 0 Å². The number of hydrogen-bond acceptors (Lipinski definition) is 2. The Labute approximate surface area is 152 Å².